The van der Waals surface area contributed by atoms with Gasteiger partial charge < -0.3 is 14.5 Å². The second kappa shape index (κ2) is 10.5. The number of fused-ring (bicyclic) bond motifs is 1. The predicted octanol–water partition coefficient (Wildman–Crippen LogP) is 6.00. The van der Waals surface area contributed by atoms with Crippen LogP contribution >= 0.6 is 11.3 Å². The van der Waals surface area contributed by atoms with E-state index >= 15 is 0 Å². The van der Waals surface area contributed by atoms with Crippen molar-refractivity contribution in [3.63, 3.8) is 0 Å². The molecule has 0 radical (unpaired) electrons. The van der Waals surface area contributed by atoms with Crippen LogP contribution in [0, 0.1) is 5.95 Å². The fourth-order valence-corrected chi connectivity index (χ4v) is 5.52. The van der Waals surface area contributed by atoms with Crippen molar-refractivity contribution in [3.05, 3.63) is 72.3 Å². The molecule has 5 nitrogen and oxygen atoms in total. The Balaban J connectivity index is 1.42. The summed E-state index contributed by atoms with van der Waals surface area (Å²) in [5.41, 5.74) is 3.96. The standard InChI is InChI=1S/C27H29FN4OS/c1-33-23-7-5-6-20(16-23)19-32(15-14-31-12-3-2-4-13-31)27-30-24-9-8-21(17-25(24)34-27)22-10-11-29-26(28)18-22/h5-11,16-18H,2-4,12-15,19H2,1H3. The van der Waals surface area contributed by atoms with Gasteiger partial charge in [-0.2, -0.15) is 4.39 Å². The van der Waals surface area contributed by atoms with Crippen LogP contribution < -0.4 is 9.64 Å². The third-order valence-corrected chi connectivity index (χ3v) is 7.43. The van der Waals surface area contributed by atoms with Gasteiger partial charge in [0.05, 0.1) is 17.3 Å². The summed E-state index contributed by atoms with van der Waals surface area (Å²) >= 11 is 1.69. The maximum atomic E-state index is 13.6. The van der Waals surface area contributed by atoms with Crippen molar-refractivity contribution in [3.8, 4) is 16.9 Å². The van der Waals surface area contributed by atoms with Crippen LogP contribution in [0.1, 0.15) is 24.8 Å². The van der Waals surface area contributed by atoms with E-state index in [1.165, 1.54) is 50.2 Å². The van der Waals surface area contributed by atoms with Gasteiger partial charge in [0.15, 0.2) is 5.13 Å². The van der Waals surface area contributed by atoms with Crippen LogP contribution in [-0.2, 0) is 6.54 Å². The summed E-state index contributed by atoms with van der Waals surface area (Å²) in [6.07, 6.45) is 5.42. The highest BCUT2D eigenvalue weighted by molar-refractivity contribution is 7.22. The molecular weight excluding hydrogens is 447 g/mol. The lowest BCUT2D eigenvalue weighted by Gasteiger charge is -2.30. The number of benzene rings is 2. The van der Waals surface area contributed by atoms with Crippen molar-refractivity contribution in [2.24, 2.45) is 0 Å². The zero-order valence-corrected chi connectivity index (χ0v) is 20.2. The maximum absolute atomic E-state index is 13.6. The lowest BCUT2D eigenvalue weighted by Crippen LogP contribution is -2.37. The highest BCUT2D eigenvalue weighted by atomic mass is 32.1. The molecule has 0 atom stereocenters. The monoisotopic (exact) mass is 476 g/mol. The molecule has 2 aromatic heterocycles. The van der Waals surface area contributed by atoms with Crippen LogP contribution in [0.4, 0.5) is 9.52 Å². The molecule has 1 fully saturated rings. The van der Waals surface area contributed by atoms with Gasteiger partial charge in [-0.1, -0.05) is 36.0 Å². The Hall–Kier alpha value is -3.03. The lowest BCUT2D eigenvalue weighted by atomic mass is 10.1. The molecule has 1 aliphatic heterocycles. The minimum atomic E-state index is -0.468. The fraction of sp³-hybridized carbons (Fsp3) is 0.333. The van der Waals surface area contributed by atoms with Crippen molar-refractivity contribution < 1.29 is 9.13 Å². The van der Waals surface area contributed by atoms with Crippen LogP contribution in [0.2, 0.25) is 0 Å². The van der Waals surface area contributed by atoms with Crippen LogP contribution in [0.25, 0.3) is 21.3 Å². The van der Waals surface area contributed by atoms with E-state index < -0.39 is 5.95 Å². The van der Waals surface area contributed by atoms with Gasteiger partial charge in [0.25, 0.3) is 0 Å². The number of pyridine rings is 1. The average Bonchev–Trinajstić information content (AvgIpc) is 3.30. The van der Waals surface area contributed by atoms with E-state index in [4.69, 9.17) is 9.72 Å². The number of hydrogen-bond acceptors (Lipinski definition) is 6. The van der Waals surface area contributed by atoms with Gasteiger partial charge in [-0.25, -0.2) is 9.97 Å². The molecule has 0 saturated carbocycles. The smallest absolute Gasteiger partial charge is 0.213 e. The normalized spacial score (nSPS) is 14.4. The zero-order valence-electron chi connectivity index (χ0n) is 19.4. The highest BCUT2D eigenvalue weighted by Crippen LogP contribution is 2.33. The first kappa shape index (κ1) is 22.7. The first-order valence-electron chi connectivity index (χ1n) is 11.8. The summed E-state index contributed by atoms with van der Waals surface area (Å²) in [6.45, 7) is 5.07. The Morgan fingerprint density at radius 1 is 1.03 bits per heavy atom. The Morgan fingerprint density at radius 2 is 1.88 bits per heavy atom. The summed E-state index contributed by atoms with van der Waals surface area (Å²) in [6, 6.07) is 17.7. The molecule has 7 heteroatoms. The van der Waals surface area contributed by atoms with Gasteiger partial charge in [0.1, 0.15) is 5.75 Å². The van der Waals surface area contributed by atoms with Crippen molar-refractivity contribution in [1.29, 1.82) is 0 Å². The molecule has 4 aromatic rings. The Labute approximate surface area is 203 Å². The van der Waals surface area contributed by atoms with E-state index in [0.29, 0.717) is 0 Å². The first-order chi connectivity index (χ1) is 16.7. The average molecular weight is 477 g/mol. The first-order valence-corrected chi connectivity index (χ1v) is 12.6. The second-order valence-electron chi connectivity index (χ2n) is 8.72. The third kappa shape index (κ3) is 5.37. The predicted molar refractivity (Wildman–Crippen MR) is 137 cm³/mol. The molecule has 0 N–H and O–H groups in total. The number of rotatable bonds is 8. The molecule has 3 heterocycles. The Kier molecular flexibility index (Phi) is 7.02. The SMILES string of the molecule is COc1cccc(CN(CCN2CCCCC2)c2nc3ccc(-c4ccnc(F)c4)cc3s2)c1. The minimum Gasteiger partial charge on any atom is -0.497 e. The molecule has 2 aromatic carbocycles. The molecule has 0 bridgehead atoms. The van der Waals surface area contributed by atoms with Gasteiger partial charge >= 0.3 is 0 Å². The number of aromatic nitrogens is 2. The number of anilines is 1. The molecule has 176 valence electrons. The zero-order chi connectivity index (χ0) is 23.3. The minimum absolute atomic E-state index is 0.468. The molecule has 34 heavy (non-hydrogen) atoms. The van der Waals surface area contributed by atoms with Crippen LogP contribution in [0.15, 0.2) is 60.8 Å². The van der Waals surface area contributed by atoms with Crippen LogP contribution in [-0.4, -0.2) is 48.2 Å². The fourth-order valence-electron chi connectivity index (χ4n) is 4.49. The molecule has 1 aliphatic rings. The summed E-state index contributed by atoms with van der Waals surface area (Å²) in [5.74, 6) is 0.400. The molecule has 0 amide bonds. The number of likely N-dealkylation sites (tertiary alicyclic amines) is 1. The van der Waals surface area contributed by atoms with Gasteiger partial charge in [-0.3, -0.25) is 0 Å². The van der Waals surface area contributed by atoms with Crippen molar-refractivity contribution in [2.75, 3.05) is 38.2 Å². The largest absolute Gasteiger partial charge is 0.497 e. The second-order valence-corrected chi connectivity index (χ2v) is 9.73. The molecule has 5 rings (SSSR count). The molecule has 0 unspecified atom stereocenters. The van der Waals surface area contributed by atoms with Crippen LogP contribution in [0.5, 0.6) is 5.75 Å². The summed E-state index contributed by atoms with van der Waals surface area (Å²) < 4.78 is 20.2. The van der Waals surface area contributed by atoms with Crippen molar-refractivity contribution in [2.45, 2.75) is 25.8 Å². The van der Waals surface area contributed by atoms with Gasteiger partial charge in [-0.05, 0) is 73.0 Å². The maximum Gasteiger partial charge on any atom is 0.213 e. The third-order valence-electron chi connectivity index (χ3n) is 6.35. The lowest BCUT2D eigenvalue weighted by molar-refractivity contribution is 0.233. The van der Waals surface area contributed by atoms with Gasteiger partial charge in [0, 0.05) is 31.9 Å². The number of piperidine rings is 1. The summed E-state index contributed by atoms with van der Waals surface area (Å²) in [5, 5.41) is 1.01. The number of methoxy groups -OCH3 is 1. The van der Waals surface area contributed by atoms with Crippen LogP contribution in [0.3, 0.4) is 0 Å². The van der Waals surface area contributed by atoms with Crippen molar-refractivity contribution >= 4 is 26.7 Å². The van der Waals surface area contributed by atoms with E-state index in [1.54, 1.807) is 18.4 Å². The topological polar surface area (TPSA) is 41.5 Å². The Morgan fingerprint density at radius 3 is 2.71 bits per heavy atom. The highest BCUT2D eigenvalue weighted by Gasteiger charge is 2.17. The van der Waals surface area contributed by atoms with E-state index in [9.17, 15) is 4.39 Å². The number of hydrogen-bond donors (Lipinski definition) is 0. The quantitative estimate of drug-likeness (QED) is 0.292. The van der Waals surface area contributed by atoms with Gasteiger partial charge in [0.2, 0.25) is 5.95 Å². The number of ether oxygens (including phenoxy) is 1. The summed E-state index contributed by atoms with van der Waals surface area (Å²) in [4.78, 5) is 13.6. The molecule has 0 aliphatic carbocycles. The molecular formula is C27H29FN4OS. The molecule has 1 saturated heterocycles. The number of halogens is 1. The van der Waals surface area contributed by atoms with E-state index in [0.717, 1.165) is 51.9 Å². The number of thiazole rings is 1. The number of nitrogens with zero attached hydrogens (tertiary/aromatic N) is 4. The summed E-state index contributed by atoms with van der Waals surface area (Å²) in [7, 11) is 1.70. The molecule has 0 spiro atoms. The van der Waals surface area contributed by atoms with E-state index in [-0.39, 0.29) is 0 Å². The van der Waals surface area contributed by atoms with E-state index in [1.807, 2.05) is 30.3 Å². The van der Waals surface area contributed by atoms with Gasteiger partial charge in [-0.15, -0.1) is 0 Å². The van der Waals surface area contributed by atoms with E-state index in [2.05, 4.69) is 33.0 Å². The van der Waals surface area contributed by atoms with Crippen molar-refractivity contribution in [1.82, 2.24) is 14.9 Å². The Bertz CT molecular complexity index is 1250.